The van der Waals surface area contributed by atoms with Gasteiger partial charge in [0.05, 0.1) is 0 Å². The van der Waals surface area contributed by atoms with E-state index in [9.17, 15) is 19.5 Å². The Morgan fingerprint density at radius 2 is 1.68 bits per heavy atom. The maximum Gasteiger partial charge on any atom is 0.284 e. The highest BCUT2D eigenvalue weighted by molar-refractivity contribution is 6.30. The van der Waals surface area contributed by atoms with Crippen LogP contribution in [0.5, 0.6) is 0 Å². The first-order chi connectivity index (χ1) is 10.4. The van der Waals surface area contributed by atoms with E-state index in [0.29, 0.717) is 5.02 Å². The quantitative estimate of drug-likeness (QED) is 0.843. The Labute approximate surface area is 130 Å². The molecule has 6 nitrogen and oxygen atoms in total. The largest absolute Gasteiger partial charge is 0.502 e. The third kappa shape index (κ3) is 1.84. The molecule has 2 aliphatic heterocycles. The maximum atomic E-state index is 12.6. The minimum absolute atomic E-state index is 0.00459. The highest BCUT2D eigenvalue weighted by Gasteiger charge is 2.60. The summed E-state index contributed by atoms with van der Waals surface area (Å²) in [5.74, 6) is -2.50. The monoisotopic (exact) mass is 321 g/mol. The smallest absolute Gasteiger partial charge is 0.284 e. The molecule has 1 N–H and O–H groups in total. The van der Waals surface area contributed by atoms with Crippen LogP contribution in [0.25, 0.3) is 0 Å². The number of benzene rings is 1. The molecule has 1 fully saturated rings. The maximum absolute atomic E-state index is 12.6. The Bertz CT molecular complexity index is 708. The molecule has 1 unspecified atom stereocenters. The molecule has 114 valence electrons. The number of carbonyl (C=O) groups excluding carboxylic acids is 3. The Morgan fingerprint density at radius 3 is 2.14 bits per heavy atom. The molecule has 0 saturated carbocycles. The summed E-state index contributed by atoms with van der Waals surface area (Å²) >= 11 is 5.84. The molecule has 2 heterocycles. The van der Waals surface area contributed by atoms with Crippen LogP contribution in [0, 0.1) is 0 Å². The van der Waals surface area contributed by atoms with Crippen molar-refractivity contribution in [3.63, 3.8) is 0 Å². The predicted octanol–water partition coefficient (Wildman–Crippen LogP) is 2.03. The number of aliphatic hydroxyl groups is 1. The van der Waals surface area contributed by atoms with Crippen LogP contribution in [0.1, 0.15) is 25.3 Å². The van der Waals surface area contributed by atoms with E-state index in [1.54, 1.807) is 0 Å². The molecule has 0 spiro atoms. The van der Waals surface area contributed by atoms with Crippen molar-refractivity contribution in [2.45, 2.75) is 25.5 Å². The summed E-state index contributed by atoms with van der Waals surface area (Å²) in [7, 11) is 0. The first-order valence-corrected chi connectivity index (χ1v) is 7.01. The summed E-state index contributed by atoms with van der Waals surface area (Å²) in [5.41, 5.74) is -1.72. The number of hydrogen-bond acceptors (Lipinski definition) is 5. The van der Waals surface area contributed by atoms with Crippen LogP contribution in [-0.4, -0.2) is 27.6 Å². The predicted molar refractivity (Wildman–Crippen MR) is 75.6 cm³/mol. The Morgan fingerprint density at radius 1 is 1.14 bits per heavy atom. The van der Waals surface area contributed by atoms with Crippen molar-refractivity contribution >= 4 is 29.2 Å². The number of nitrogens with zero attached hydrogens (tertiary/aromatic N) is 1. The van der Waals surface area contributed by atoms with Crippen molar-refractivity contribution in [2.24, 2.45) is 0 Å². The van der Waals surface area contributed by atoms with Crippen molar-refractivity contribution in [2.75, 3.05) is 0 Å². The van der Waals surface area contributed by atoms with Crippen LogP contribution >= 0.6 is 11.6 Å². The van der Waals surface area contributed by atoms with Crippen LogP contribution < -0.4 is 0 Å². The van der Waals surface area contributed by atoms with E-state index in [-0.39, 0.29) is 24.2 Å². The van der Waals surface area contributed by atoms with Crippen molar-refractivity contribution in [3.8, 4) is 0 Å². The van der Waals surface area contributed by atoms with Gasteiger partial charge in [0, 0.05) is 23.4 Å². The lowest BCUT2D eigenvalue weighted by molar-refractivity contribution is -0.175. The molecule has 2 amide bonds. The molecule has 1 saturated heterocycles. The zero-order valence-electron chi connectivity index (χ0n) is 11.6. The van der Waals surface area contributed by atoms with Gasteiger partial charge in [0.2, 0.25) is 17.6 Å². The van der Waals surface area contributed by atoms with E-state index >= 15 is 0 Å². The van der Waals surface area contributed by atoms with Gasteiger partial charge in [-0.3, -0.25) is 14.4 Å². The van der Waals surface area contributed by atoms with E-state index in [1.165, 1.54) is 31.2 Å². The van der Waals surface area contributed by atoms with Crippen LogP contribution in [0.3, 0.4) is 0 Å². The van der Waals surface area contributed by atoms with Crippen molar-refractivity contribution in [1.82, 2.24) is 4.90 Å². The molecule has 1 aromatic carbocycles. The van der Waals surface area contributed by atoms with E-state index in [4.69, 9.17) is 16.3 Å². The average molecular weight is 322 g/mol. The fourth-order valence-electron chi connectivity index (χ4n) is 2.71. The highest BCUT2D eigenvalue weighted by Crippen LogP contribution is 2.43. The number of carbonyl (C=O) groups is 3. The molecule has 1 atom stereocenters. The lowest BCUT2D eigenvalue weighted by Crippen LogP contribution is -2.54. The summed E-state index contributed by atoms with van der Waals surface area (Å²) in [6.07, 6.45) is 0.00917. The van der Waals surface area contributed by atoms with Gasteiger partial charge in [-0.25, -0.2) is 4.90 Å². The number of aliphatic hydroxyl groups excluding tert-OH is 1. The number of Topliss-reactive ketones (excluding diaryl/α,β-unsaturated/α-hetero) is 1. The van der Waals surface area contributed by atoms with Crippen LogP contribution in [0.2, 0.25) is 5.02 Å². The third-order valence-electron chi connectivity index (χ3n) is 3.76. The Balaban J connectivity index is 2.20. The topological polar surface area (TPSA) is 83.9 Å². The molecular formula is C15H12ClNO5. The summed E-state index contributed by atoms with van der Waals surface area (Å²) in [6, 6.07) is 6.02. The van der Waals surface area contributed by atoms with Crippen molar-refractivity contribution < 1.29 is 24.2 Å². The van der Waals surface area contributed by atoms with Crippen LogP contribution in [0.15, 0.2) is 35.8 Å². The average Bonchev–Trinajstić information content (AvgIpc) is 2.93. The molecule has 0 bridgehead atoms. The van der Waals surface area contributed by atoms with Gasteiger partial charge in [-0.05, 0) is 19.1 Å². The number of halogens is 1. The molecule has 7 heteroatoms. The number of rotatable bonds is 2. The van der Waals surface area contributed by atoms with Gasteiger partial charge in [-0.1, -0.05) is 23.7 Å². The molecule has 22 heavy (non-hydrogen) atoms. The van der Waals surface area contributed by atoms with E-state index in [2.05, 4.69) is 0 Å². The summed E-state index contributed by atoms with van der Waals surface area (Å²) < 4.78 is 5.55. The molecule has 0 radical (unpaired) electrons. The number of ether oxygens (including phenoxy) is 1. The summed E-state index contributed by atoms with van der Waals surface area (Å²) in [6.45, 7) is 1.40. The van der Waals surface area contributed by atoms with Crippen LogP contribution in [0.4, 0.5) is 0 Å². The Kier molecular flexibility index (Phi) is 3.21. The van der Waals surface area contributed by atoms with Gasteiger partial charge in [-0.2, -0.15) is 0 Å². The lowest BCUT2D eigenvalue weighted by atomic mass is 9.96. The number of ketones is 1. The van der Waals surface area contributed by atoms with Gasteiger partial charge < -0.3 is 9.84 Å². The van der Waals surface area contributed by atoms with Crippen molar-refractivity contribution in [1.29, 1.82) is 0 Å². The van der Waals surface area contributed by atoms with E-state index in [0.717, 1.165) is 4.90 Å². The van der Waals surface area contributed by atoms with Gasteiger partial charge in [0.15, 0.2) is 0 Å². The zero-order chi connectivity index (χ0) is 16.1. The number of likely N-dealkylation sites (tertiary alicyclic amines) is 1. The van der Waals surface area contributed by atoms with Crippen LogP contribution in [-0.2, 0) is 24.8 Å². The second kappa shape index (κ2) is 4.84. The molecule has 0 aromatic heterocycles. The van der Waals surface area contributed by atoms with Gasteiger partial charge in [0.25, 0.3) is 11.5 Å². The fourth-order valence-corrected chi connectivity index (χ4v) is 2.83. The SMILES string of the molecule is CC1=C(O)C(=O)C(c2ccc(Cl)cc2)(N2C(=O)CCC2=O)O1. The van der Waals surface area contributed by atoms with E-state index in [1.807, 2.05) is 0 Å². The fraction of sp³-hybridized carbons (Fsp3) is 0.267. The van der Waals surface area contributed by atoms with Crippen molar-refractivity contribution in [3.05, 3.63) is 46.4 Å². The number of allylic oxidation sites excluding steroid dienone is 1. The number of amides is 2. The first kappa shape index (κ1) is 14.6. The first-order valence-electron chi connectivity index (χ1n) is 6.63. The lowest BCUT2D eigenvalue weighted by Gasteiger charge is -2.35. The molecule has 2 aliphatic rings. The standard InChI is InChI=1S/C15H12ClNO5/c1-8-13(20)14(21)15(22-8,9-2-4-10(16)5-3-9)17-11(18)6-7-12(17)19/h2-5,20H,6-7H2,1H3. The molecule has 0 aliphatic carbocycles. The third-order valence-corrected chi connectivity index (χ3v) is 4.01. The normalized spacial score (nSPS) is 25.2. The zero-order valence-corrected chi connectivity index (χ0v) is 12.4. The molecule has 3 rings (SSSR count). The highest BCUT2D eigenvalue weighted by atomic mass is 35.5. The molecule has 1 aromatic rings. The summed E-state index contributed by atoms with van der Waals surface area (Å²) in [4.78, 5) is 37.6. The Hall–Kier alpha value is -2.34. The minimum Gasteiger partial charge on any atom is -0.502 e. The van der Waals surface area contributed by atoms with Gasteiger partial charge >= 0.3 is 0 Å². The molecular weight excluding hydrogens is 310 g/mol. The number of imide groups is 1. The van der Waals surface area contributed by atoms with E-state index < -0.39 is 29.1 Å². The van der Waals surface area contributed by atoms with Gasteiger partial charge in [-0.15, -0.1) is 0 Å². The minimum atomic E-state index is -1.98. The summed E-state index contributed by atoms with van der Waals surface area (Å²) in [5, 5.41) is 10.3. The second-order valence-electron chi connectivity index (χ2n) is 5.11. The second-order valence-corrected chi connectivity index (χ2v) is 5.55. The number of hydrogen-bond donors (Lipinski definition) is 1. The van der Waals surface area contributed by atoms with Gasteiger partial charge in [0.1, 0.15) is 5.76 Å².